The number of carboxylic acid groups (broad SMARTS) is 1. The summed E-state index contributed by atoms with van der Waals surface area (Å²) in [6, 6.07) is 3.53. The summed E-state index contributed by atoms with van der Waals surface area (Å²) in [5.41, 5.74) is 2.27. The van der Waals surface area contributed by atoms with Crippen LogP contribution in [0.3, 0.4) is 0 Å². The van der Waals surface area contributed by atoms with Crippen LogP contribution >= 0.6 is 22.9 Å². The first-order valence-electron chi connectivity index (χ1n) is 6.76. The van der Waals surface area contributed by atoms with Crippen LogP contribution in [0.4, 0.5) is 0 Å². The molecule has 2 aromatic heterocycles. The van der Waals surface area contributed by atoms with Crippen LogP contribution in [0.15, 0.2) is 17.5 Å². The Morgan fingerprint density at radius 2 is 2.24 bits per heavy atom. The Kier molecular flexibility index (Phi) is 3.63. The highest BCUT2D eigenvalue weighted by Crippen LogP contribution is 2.35. The predicted octanol–water partition coefficient (Wildman–Crippen LogP) is 3.57. The number of ketones is 1. The lowest BCUT2D eigenvalue weighted by atomic mass is 10.0. The van der Waals surface area contributed by atoms with Crippen LogP contribution < -0.4 is 0 Å². The Morgan fingerprint density at radius 1 is 1.48 bits per heavy atom. The molecule has 0 aliphatic carbocycles. The van der Waals surface area contributed by atoms with E-state index < -0.39 is 11.9 Å². The van der Waals surface area contributed by atoms with E-state index in [-0.39, 0.29) is 5.78 Å². The van der Waals surface area contributed by atoms with Gasteiger partial charge in [-0.3, -0.25) is 9.59 Å². The van der Waals surface area contributed by atoms with Crippen molar-refractivity contribution in [2.24, 2.45) is 0 Å². The number of fused-ring (bicyclic) bond motifs is 1. The summed E-state index contributed by atoms with van der Waals surface area (Å²) >= 11 is 7.21. The van der Waals surface area contributed by atoms with E-state index in [9.17, 15) is 14.7 Å². The minimum absolute atomic E-state index is 0.0685. The molecule has 21 heavy (non-hydrogen) atoms. The molecule has 1 atom stereocenters. The lowest BCUT2D eigenvalue weighted by Gasteiger charge is -2.06. The minimum atomic E-state index is -0.827. The summed E-state index contributed by atoms with van der Waals surface area (Å²) < 4.78 is 1.87. The average molecular weight is 324 g/mol. The first kappa shape index (κ1) is 14.4. The maximum Gasteiger partial charge on any atom is 0.312 e. The van der Waals surface area contributed by atoms with Crippen molar-refractivity contribution in [3.05, 3.63) is 44.4 Å². The Hall–Kier alpha value is -1.59. The molecule has 0 fully saturated rings. The smallest absolute Gasteiger partial charge is 0.312 e. The summed E-state index contributed by atoms with van der Waals surface area (Å²) in [4.78, 5) is 24.6. The second kappa shape index (κ2) is 5.31. The number of aryl methyl sites for hydroxylation is 1. The van der Waals surface area contributed by atoms with Crippen LogP contribution in [0.1, 0.15) is 45.9 Å². The van der Waals surface area contributed by atoms with Crippen molar-refractivity contribution in [1.82, 2.24) is 4.57 Å². The van der Waals surface area contributed by atoms with E-state index in [1.54, 1.807) is 11.4 Å². The van der Waals surface area contributed by atoms with Crippen LogP contribution in [0.25, 0.3) is 0 Å². The summed E-state index contributed by atoms with van der Waals surface area (Å²) in [5.74, 6) is -1.41. The second-order valence-electron chi connectivity index (χ2n) is 5.09. The zero-order valence-corrected chi connectivity index (χ0v) is 13.0. The van der Waals surface area contributed by atoms with Crippen LogP contribution in [0.2, 0.25) is 5.02 Å². The van der Waals surface area contributed by atoms with Crippen molar-refractivity contribution < 1.29 is 14.7 Å². The largest absolute Gasteiger partial charge is 0.481 e. The van der Waals surface area contributed by atoms with Gasteiger partial charge in [0.1, 0.15) is 0 Å². The number of thiophene rings is 1. The number of aromatic nitrogens is 1. The molecule has 1 aliphatic heterocycles. The number of hydrogen-bond donors (Lipinski definition) is 1. The van der Waals surface area contributed by atoms with Crippen molar-refractivity contribution >= 4 is 34.7 Å². The first-order valence-corrected chi connectivity index (χ1v) is 8.02. The summed E-state index contributed by atoms with van der Waals surface area (Å²) in [5, 5.41) is 11.6. The fourth-order valence-corrected chi connectivity index (χ4v) is 3.91. The molecule has 3 heterocycles. The van der Waals surface area contributed by atoms with E-state index in [1.165, 1.54) is 11.3 Å². The number of carboxylic acids is 1. The molecule has 0 amide bonds. The van der Waals surface area contributed by atoms with Gasteiger partial charge in [0.25, 0.3) is 0 Å². The normalized spacial score (nSPS) is 17.0. The summed E-state index contributed by atoms with van der Waals surface area (Å²) in [7, 11) is 0. The quantitative estimate of drug-likeness (QED) is 0.875. The topological polar surface area (TPSA) is 59.3 Å². The van der Waals surface area contributed by atoms with Gasteiger partial charge in [0.05, 0.1) is 21.5 Å². The zero-order chi connectivity index (χ0) is 15.1. The Labute approximate surface area is 131 Å². The number of carbonyl (C=O) groups is 2. The Morgan fingerprint density at radius 3 is 2.81 bits per heavy atom. The molecule has 0 bridgehead atoms. The molecule has 110 valence electrons. The summed E-state index contributed by atoms with van der Waals surface area (Å²) in [6.07, 6.45) is 1.24. The third kappa shape index (κ3) is 2.30. The van der Waals surface area contributed by atoms with Crippen LogP contribution in [0.5, 0.6) is 0 Å². The zero-order valence-electron chi connectivity index (χ0n) is 11.4. The van der Waals surface area contributed by atoms with E-state index in [1.807, 2.05) is 17.6 Å². The van der Waals surface area contributed by atoms with Gasteiger partial charge in [-0.2, -0.15) is 0 Å². The van der Waals surface area contributed by atoms with Gasteiger partial charge in [0, 0.05) is 17.6 Å². The van der Waals surface area contributed by atoms with E-state index in [4.69, 9.17) is 11.6 Å². The van der Waals surface area contributed by atoms with E-state index in [0.717, 1.165) is 11.3 Å². The van der Waals surface area contributed by atoms with Gasteiger partial charge in [0.15, 0.2) is 0 Å². The Bertz CT molecular complexity index is 731. The number of hydrogen-bond acceptors (Lipinski definition) is 3. The van der Waals surface area contributed by atoms with Crippen LogP contribution in [-0.2, 0) is 17.8 Å². The van der Waals surface area contributed by atoms with E-state index in [0.29, 0.717) is 35.0 Å². The van der Waals surface area contributed by atoms with Crippen molar-refractivity contribution in [2.75, 3.05) is 0 Å². The van der Waals surface area contributed by atoms with Gasteiger partial charge in [0.2, 0.25) is 5.78 Å². The number of nitrogens with zero attached hydrogens (tertiary/aromatic N) is 1. The van der Waals surface area contributed by atoms with Gasteiger partial charge in [-0.1, -0.05) is 18.5 Å². The highest BCUT2D eigenvalue weighted by atomic mass is 35.5. The van der Waals surface area contributed by atoms with Crippen molar-refractivity contribution in [3.8, 4) is 0 Å². The number of carbonyl (C=O) groups excluding carboxylic acids is 1. The highest BCUT2D eigenvalue weighted by molar-refractivity contribution is 7.12. The average Bonchev–Trinajstić information content (AvgIpc) is 3.10. The first-order chi connectivity index (χ1) is 10.0. The minimum Gasteiger partial charge on any atom is -0.481 e. The predicted molar refractivity (Wildman–Crippen MR) is 81.6 cm³/mol. The van der Waals surface area contributed by atoms with Crippen molar-refractivity contribution in [1.29, 1.82) is 0 Å². The van der Waals surface area contributed by atoms with Crippen LogP contribution in [-0.4, -0.2) is 21.4 Å². The standard InChI is InChI=1S/C15H14ClNO3S/c1-2-8-5-11-10(15(19)20)3-4-17(11)13(8)14(18)12-6-9(16)7-21-12/h5-7,10H,2-4H2,1H3,(H,19,20). The summed E-state index contributed by atoms with van der Waals surface area (Å²) in [6.45, 7) is 2.55. The maximum absolute atomic E-state index is 12.7. The second-order valence-corrected chi connectivity index (χ2v) is 6.43. The van der Waals surface area contributed by atoms with Gasteiger partial charge >= 0.3 is 5.97 Å². The molecule has 0 radical (unpaired) electrons. The highest BCUT2D eigenvalue weighted by Gasteiger charge is 2.34. The number of halogens is 1. The van der Waals surface area contributed by atoms with E-state index in [2.05, 4.69) is 0 Å². The van der Waals surface area contributed by atoms with Gasteiger partial charge < -0.3 is 9.67 Å². The molecule has 0 saturated heterocycles. The fourth-order valence-electron chi connectivity index (χ4n) is 2.90. The molecule has 1 N–H and O–H groups in total. The number of aliphatic carboxylic acids is 1. The van der Waals surface area contributed by atoms with E-state index >= 15 is 0 Å². The van der Waals surface area contributed by atoms with Crippen LogP contribution in [0, 0.1) is 0 Å². The molecule has 0 saturated carbocycles. The third-order valence-electron chi connectivity index (χ3n) is 3.89. The molecule has 2 aromatic rings. The molecule has 4 nitrogen and oxygen atoms in total. The SMILES string of the molecule is CCc1cc2n(c1C(=O)c1cc(Cl)cs1)CCC2C(=O)O. The molecule has 1 aliphatic rings. The maximum atomic E-state index is 12.7. The van der Waals surface area contributed by atoms with Gasteiger partial charge in [-0.05, 0) is 30.5 Å². The molecule has 1 unspecified atom stereocenters. The third-order valence-corrected chi connectivity index (χ3v) is 5.17. The molecule has 0 spiro atoms. The molecule has 6 heteroatoms. The Balaban J connectivity index is 2.09. The van der Waals surface area contributed by atoms with Gasteiger partial charge in [-0.15, -0.1) is 11.3 Å². The molecule has 3 rings (SSSR count). The monoisotopic (exact) mass is 323 g/mol. The lowest BCUT2D eigenvalue weighted by Crippen LogP contribution is -2.10. The van der Waals surface area contributed by atoms with Gasteiger partial charge in [-0.25, -0.2) is 0 Å². The lowest BCUT2D eigenvalue weighted by molar-refractivity contribution is -0.138. The van der Waals surface area contributed by atoms with Crippen molar-refractivity contribution in [2.45, 2.75) is 32.2 Å². The molecular weight excluding hydrogens is 310 g/mol. The molecule has 0 aromatic carbocycles. The fraction of sp³-hybridized carbons (Fsp3) is 0.333. The number of rotatable bonds is 4. The van der Waals surface area contributed by atoms with Crippen molar-refractivity contribution in [3.63, 3.8) is 0 Å². The molecular formula is C15H14ClNO3S.